The fourth-order valence-corrected chi connectivity index (χ4v) is 7.43. The molecule has 2 saturated carbocycles. The van der Waals surface area contributed by atoms with E-state index in [0.717, 1.165) is 29.5 Å². The van der Waals surface area contributed by atoms with Crippen LogP contribution >= 0.6 is 0 Å². The molecule has 0 radical (unpaired) electrons. The van der Waals surface area contributed by atoms with E-state index in [-0.39, 0.29) is 23.5 Å². The first kappa shape index (κ1) is 30.4. The quantitative estimate of drug-likeness (QED) is 0.255. The van der Waals surface area contributed by atoms with E-state index in [4.69, 9.17) is 23.7 Å². The van der Waals surface area contributed by atoms with Crippen molar-refractivity contribution in [2.75, 3.05) is 6.61 Å². The van der Waals surface area contributed by atoms with Gasteiger partial charge in [0.1, 0.15) is 24.4 Å². The summed E-state index contributed by atoms with van der Waals surface area (Å²) in [5.41, 5.74) is 3.36. The molecule has 6 heteroatoms. The normalized spacial score (nSPS) is 33.1. The van der Waals surface area contributed by atoms with Crippen molar-refractivity contribution in [3.8, 4) is 0 Å². The highest BCUT2D eigenvalue weighted by Crippen LogP contribution is 2.66. The van der Waals surface area contributed by atoms with Crippen LogP contribution in [0.3, 0.4) is 0 Å². The van der Waals surface area contributed by atoms with Gasteiger partial charge < -0.3 is 28.8 Å². The van der Waals surface area contributed by atoms with E-state index in [9.17, 15) is 5.11 Å². The second-order valence-corrected chi connectivity index (χ2v) is 13.3. The second-order valence-electron chi connectivity index (χ2n) is 13.3. The lowest BCUT2D eigenvalue weighted by Crippen LogP contribution is -2.62. The van der Waals surface area contributed by atoms with E-state index >= 15 is 0 Å². The van der Waals surface area contributed by atoms with Crippen molar-refractivity contribution in [1.82, 2.24) is 0 Å². The molecule has 1 aliphatic heterocycles. The van der Waals surface area contributed by atoms with Crippen molar-refractivity contribution < 1.29 is 28.8 Å². The van der Waals surface area contributed by atoms with E-state index in [0.29, 0.717) is 25.7 Å². The highest BCUT2D eigenvalue weighted by atomic mass is 16.7. The zero-order chi connectivity index (χ0) is 29.9. The number of hydrogen-bond donors (Lipinski definition) is 1. The van der Waals surface area contributed by atoms with Gasteiger partial charge in [-0.05, 0) is 52.7 Å². The largest absolute Gasteiger partial charge is 0.385 e. The Labute approximate surface area is 256 Å². The molecule has 0 spiro atoms. The lowest BCUT2D eigenvalue weighted by molar-refractivity contribution is -0.334. The Kier molecular flexibility index (Phi) is 9.34. The van der Waals surface area contributed by atoms with Crippen LogP contribution in [0.1, 0.15) is 56.7 Å². The molecule has 2 bridgehead atoms. The molecule has 1 N–H and O–H groups in total. The molecule has 1 heterocycles. The Morgan fingerprint density at radius 1 is 0.744 bits per heavy atom. The first-order valence-electron chi connectivity index (χ1n) is 15.8. The minimum absolute atomic E-state index is 0.00310. The van der Waals surface area contributed by atoms with Crippen LogP contribution in [-0.4, -0.2) is 48.5 Å². The van der Waals surface area contributed by atoms with Crippen molar-refractivity contribution in [2.24, 2.45) is 16.7 Å². The van der Waals surface area contributed by atoms with Gasteiger partial charge in [-0.2, -0.15) is 0 Å². The summed E-state index contributed by atoms with van der Waals surface area (Å²) in [5, 5.41) is 11.8. The summed E-state index contributed by atoms with van der Waals surface area (Å²) >= 11 is 0. The number of aliphatic hydroxyl groups is 1. The zero-order valence-electron chi connectivity index (χ0n) is 25.6. The predicted octanol–water partition coefficient (Wildman–Crippen LogP) is 6.69. The topological polar surface area (TPSA) is 66.4 Å². The number of aliphatic hydroxyl groups excluding tert-OH is 1. The lowest BCUT2D eigenvalue weighted by Gasteiger charge is -2.47. The third-order valence-corrected chi connectivity index (χ3v) is 10.6. The molecule has 3 aromatic carbocycles. The predicted molar refractivity (Wildman–Crippen MR) is 165 cm³/mol. The van der Waals surface area contributed by atoms with Gasteiger partial charge in [0.2, 0.25) is 0 Å². The number of ether oxygens (including phenoxy) is 5. The van der Waals surface area contributed by atoms with Gasteiger partial charge >= 0.3 is 0 Å². The standard InChI is InChI=1S/C37H46O6/c1-36(2)29-19-20-37(36,3)31(21-29)43-35-32(38)34(41-24-28-17-11-6-12-18-28)33(40-23-27-15-9-5-10-16-27)30(42-35)25-39-22-26-13-7-4-8-14-26/h4-18,29-35,38H,19-25H2,1-3H3/t29-,30-,31+,32-,33-,34-,35+,37+/m1/s1. The average Bonchev–Trinajstić information content (AvgIpc) is 3.36. The van der Waals surface area contributed by atoms with Gasteiger partial charge in [0.15, 0.2) is 6.29 Å². The maximum Gasteiger partial charge on any atom is 0.186 e. The van der Waals surface area contributed by atoms with Crippen LogP contribution in [0, 0.1) is 16.7 Å². The fraction of sp³-hybridized carbons (Fsp3) is 0.514. The molecule has 43 heavy (non-hydrogen) atoms. The molecular weight excluding hydrogens is 540 g/mol. The Hall–Kier alpha value is -2.58. The molecule has 6 rings (SSSR count). The Morgan fingerprint density at radius 3 is 1.79 bits per heavy atom. The Bertz CT molecular complexity index is 1280. The molecule has 2 aliphatic carbocycles. The summed E-state index contributed by atoms with van der Waals surface area (Å²) in [6.45, 7) is 8.51. The Morgan fingerprint density at radius 2 is 1.28 bits per heavy atom. The minimum Gasteiger partial charge on any atom is -0.385 e. The van der Waals surface area contributed by atoms with Crippen molar-refractivity contribution >= 4 is 0 Å². The van der Waals surface area contributed by atoms with Gasteiger partial charge in [-0.15, -0.1) is 0 Å². The zero-order valence-corrected chi connectivity index (χ0v) is 25.6. The van der Waals surface area contributed by atoms with E-state index in [1.807, 2.05) is 91.0 Å². The van der Waals surface area contributed by atoms with Gasteiger partial charge in [0, 0.05) is 0 Å². The summed E-state index contributed by atoms with van der Waals surface area (Å²) in [7, 11) is 0. The third-order valence-electron chi connectivity index (χ3n) is 10.6. The smallest absolute Gasteiger partial charge is 0.186 e. The molecule has 0 amide bonds. The molecular formula is C37H46O6. The monoisotopic (exact) mass is 586 g/mol. The van der Waals surface area contributed by atoms with E-state index in [2.05, 4.69) is 20.8 Å². The number of hydrogen-bond acceptors (Lipinski definition) is 6. The lowest BCUT2D eigenvalue weighted by atomic mass is 9.70. The molecule has 3 aromatic rings. The Balaban J connectivity index is 1.24. The van der Waals surface area contributed by atoms with Crippen LogP contribution in [0.15, 0.2) is 91.0 Å². The van der Waals surface area contributed by atoms with Crippen molar-refractivity contribution in [3.63, 3.8) is 0 Å². The van der Waals surface area contributed by atoms with Gasteiger partial charge in [-0.3, -0.25) is 0 Å². The van der Waals surface area contributed by atoms with Crippen molar-refractivity contribution in [3.05, 3.63) is 108 Å². The van der Waals surface area contributed by atoms with Crippen LogP contribution in [0.5, 0.6) is 0 Å². The van der Waals surface area contributed by atoms with Crippen LogP contribution in [0.25, 0.3) is 0 Å². The number of benzene rings is 3. The first-order chi connectivity index (χ1) is 20.8. The van der Waals surface area contributed by atoms with Gasteiger partial charge in [-0.25, -0.2) is 0 Å². The highest BCUT2D eigenvalue weighted by Gasteiger charge is 2.63. The fourth-order valence-electron chi connectivity index (χ4n) is 7.43. The molecule has 0 aromatic heterocycles. The maximum atomic E-state index is 11.8. The molecule has 230 valence electrons. The highest BCUT2D eigenvalue weighted by molar-refractivity contribution is 5.16. The van der Waals surface area contributed by atoms with Crippen LogP contribution in [-0.2, 0) is 43.5 Å². The number of rotatable bonds is 12. The van der Waals surface area contributed by atoms with Gasteiger partial charge in [-0.1, -0.05) is 112 Å². The van der Waals surface area contributed by atoms with E-state index in [1.54, 1.807) is 0 Å². The molecule has 8 atom stereocenters. The van der Waals surface area contributed by atoms with Gasteiger partial charge in [0.05, 0.1) is 32.5 Å². The first-order valence-corrected chi connectivity index (χ1v) is 15.8. The van der Waals surface area contributed by atoms with Crippen LogP contribution in [0.4, 0.5) is 0 Å². The van der Waals surface area contributed by atoms with E-state index in [1.165, 1.54) is 6.42 Å². The molecule has 3 fully saturated rings. The summed E-state index contributed by atoms with van der Waals surface area (Å²) in [5.74, 6) is 0.611. The molecule has 6 nitrogen and oxygen atoms in total. The average molecular weight is 587 g/mol. The second kappa shape index (κ2) is 13.2. The minimum atomic E-state index is -1.03. The van der Waals surface area contributed by atoms with E-state index < -0.39 is 30.7 Å². The number of fused-ring (bicyclic) bond motifs is 2. The summed E-state index contributed by atoms with van der Waals surface area (Å²) < 4.78 is 32.6. The van der Waals surface area contributed by atoms with Crippen LogP contribution < -0.4 is 0 Å². The molecule has 0 unspecified atom stereocenters. The SMILES string of the molecule is CC1(C)[C@@H]2CC[C@@]1(C)[C@@H](O[C@@H]1O[C@H](COCc3ccccc3)[C@@H](OCc3ccccc3)[C@H](OCc3ccccc3)[C@H]1O)C2. The van der Waals surface area contributed by atoms with Crippen molar-refractivity contribution in [1.29, 1.82) is 0 Å². The molecule has 1 saturated heterocycles. The molecule has 3 aliphatic rings. The third kappa shape index (κ3) is 6.46. The summed E-state index contributed by atoms with van der Waals surface area (Å²) in [4.78, 5) is 0. The maximum absolute atomic E-state index is 11.8. The van der Waals surface area contributed by atoms with Crippen molar-refractivity contribution in [2.45, 2.75) is 96.7 Å². The summed E-state index contributed by atoms with van der Waals surface area (Å²) in [6.07, 6.45) is -0.280. The summed E-state index contributed by atoms with van der Waals surface area (Å²) in [6, 6.07) is 30.2. The van der Waals surface area contributed by atoms with Gasteiger partial charge in [0.25, 0.3) is 0 Å². The van der Waals surface area contributed by atoms with Crippen LogP contribution in [0.2, 0.25) is 0 Å².